The van der Waals surface area contributed by atoms with Crippen LogP contribution in [0.1, 0.15) is 32.3 Å². The number of hydrogen-bond donors (Lipinski definition) is 6. The lowest BCUT2D eigenvalue weighted by molar-refractivity contribution is -0.128. The maximum absolute atomic E-state index is 12.8. The van der Waals surface area contributed by atoms with Crippen LogP contribution in [-0.4, -0.2) is 49.6 Å². The lowest BCUT2D eigenvalue weighted by Crippen LogP contribution is -2.55. The van der Waals surface area contributed by atoms with E-state index in [1.807, 2.05) is 12.1 Å². The van der Waals surface area contributed by atoms with Crippen LogP contribution in [0.5, 0.6) is 0 Å². The number of carbonyl (C=O) groups excluding carboxylic acids is 4. The van der Waals surface area contributed by atoms with Gasteiger partial charge in [-0.15, -0.1) is 0 Å². The molecule has 11 nitrogen and oxygen atoms in total. The molecule has 1 aromatic rings. The summed E-state index contributed by atoms with van der Waals surface area (Å²) in [6, 6.07) is 3.77. The third-order valence-corrected chi connectivity index (χ3v) is 4.38. The summed E-state index contributed by atoms with van der Waals surface area (Å²) >= 11 is 0. The van der Waals surface area contributed by atoms with Crippen molar-refractivity contribution in [3.8, 4) is 0 Å². The van der Waals surface area contributed by atoms with Gasteiger partial charge in [-0.2, -0.15) is 0 Å². The molecule has 1 rings (SSSR count). The Morgan fingerprint density at radius 1 is 0.968 bits per heavy atom. The van der Waals surface area contributed by atoms with Crippen molar-refractivity contribution in [3.63, 3.8) is 0 Å². The Morgan fingerprint density at radius 3 is 2.13 bits per heavy atom. The van der Waals surface area contributed by atoms with Gasteiger partial charge in [-0.1, -0.05) is 26.0 Å². The lowest BCUT2D eigenvalue weighted by Gasteiger charge is -2.24. The van der Waals surface area contributed by atoms with E-state index in [1.165, 1.54) is 0 Å². The van der Waals surface area contributed by atoms with Gasteiger partial charge in [0.25, 0.3) is 0 Å². The highest BCUT2D eigenvalue weighted by Gasteiger charge is 2.28. The summed E-state index contributed by atoms with van der Waals surface area (Å²) < 4.78 is 5.06. The molecule has 0 saturated carbocycles. The maximum Gasteiger partial charge on any atom is 0.312 e. The Hall–Kier alpha value is -3.34. The van der Waals surface area contributed by atoms with Crippen LogP contribution in [0.25, 0.3) is 0 Å². The molecular weight excluding hydrogens is 404 g/mol. The largest absolute Gasteiger partial charge is 0.380 e. The fourth-order valence-electron chi connectivity index (χ4n) is 2.82. The van der Waals surface area contributed by atoms with Crippen molar-refractivity contribution in [3.05, 3.63) is 29.8 Å². The Kier molecular flexibility index (Phi) is 10.8. The maximum atomic E-state index is 12.8. The van der Waals surface area contributed by atoms with Crippen LogP contribution in [0.15, 0.2) is 24.3 Å². The van der Waals surface area contributed by atoms with Crippen molar-refractivity contribution in [2.45, 2.75) is 45.4 Å². The van der Waals surface area contributed by atoms with Gasteiger partial charge in [0.2, 0.25) is 11.8 Å². The highest BCUT2D eigenvalue weighted by atomic mass is 16.5. The zero-order valence-corrected chi connectivity index (χ0v) is 18.1. The minimum absolute atomic E-state index is 0.237. The summed E-state index contributed by atoms with van der Waals surface area (Å²) in [5, 5.41) is 10.2. The average Bonchev–Trinajstić information content (AvgIpc) is 2.69. The zero-order valence-electron chi connectivity index (χ0n) is 18.1. The van der Waals surface area contributed by atoms with Crippen molar-refractivity contribution in [2.24, 2.45) is 17.4 Å². The molecule has 2 atom stereocenters. The third-order valence-electron chi connectivity index (χ3n) is 4.38. The standard InChI is InChI=1S/C20H32N6O5/c1-12(2)16(26-20(22)30)18(28)25-15(5-4-10-23-19(21)29)17(27)24-14-8-6-13(7-9-14)11-31-3/h6-9,12,15-16H,4-5,10-11H2,1-3H3,(H,24,27)(H,25,28)(H3,21,23,29)(H3,22,26,30). The van der Waals surface area contributed by atoms with Crippen LogP contribution in [0.4, 0.5) is 15.3 Å². The van der Waals surface area contributed by atoms with Crippen molar-refractivity contribution >= 4 is 29.6 Å². The molecule has 0 bridgehead atoms. The van der Waals surface area contributed by atoms with E-state index in [9.17, 15) is 19.2 Å². The molecule has 0 aliphatic rings. The molecule has 0 saturated heterocycles. The summed E-state index contributed by atoms with van der Waals surface area (Å²) in [4.78, 5) is 47.6. The fourth-order valence-corrected chi connectivity index (χ4v) is 2.82. The molecule has 0 heterocycles. The Balaban J connectivity index is 2.87. The predicted octanol–water partition coefficient (Wildman–Crippen LogP) is 0.398. The highest BCUT2D eigenvalue weighted by molar-refractivity contribution is 5.98. The number of carbonyl (C=O) groups is 4. The van der Waals surface area contributed by atoms with E-state index in [-0.39, 0.29) is 18.9 Å². The number of urea groups is 2. The first-order valence-corrected chi connectivity index (χ1v) is 9.92. The highest BCUT2D eigenvalue weighted by Crippen LogP contribution is 2.12. The van der Waals surface area contributed by atoms with E-state index >= 15 is 0 Å². The van der Waals surface area contributed by atoms with E-state index in [2.05, 4.69) is 21.3 Å². The minimum atomic E-state index is -0.906. The quantitative estimate of drug-likeness (QED) is 0.259. The van der Waals surface area contributed by atoms with E-state index in [0.29, 0.717) is 18.7 Å². The Labute approximate surface area is 181 Å². The molecule has 0 radical (unpaired) electrons. The number of amides is 6. The van der Waals surface area contributed by atoms with Gasteiger partial charge in [-0.25, -0.2) is 9.59 Å². The van der Waals surface area contributed by atoms with Gasteiger partial charge in [-0.05, 0) is 36.5 Å². The second-order valence-electron chi connectivity index (χ2n) is 7.34. The smallest absolute Gasteiger partial charge is 0.312 e. The molecular formula is C20H32N6O5. The van der Waals surface area contributed by atoms with E-state index < -0.39 is 36.0 Å². The van der Waals surface area contributed by atoms with Crippen molar-refractivity contribution < 1.29 is 23.9 Å². The first-order valence-electron chi connectivity index (χ1n) is 9.92. The number of methoxy groups -OCH3 is 1. The number of nitrogens with one attached hydrogen (secondary N) is 4. The summed E-state index contributed by atoms with van der Waals surface area (Å²) in [5.74, 6) is -1.22. The van der Waals surface area contributed by atoms with Gasteiger partial charge in [0.05, 0.1) is 6.61 Å². The van der Waals surface area contributed by atoms with Crippen LogP contribution < -0.4 is 32.7 Å². The van der Waals surface area contributed by atoms with Crippen molar-refractivity contribution in [2.75, 3.05) is 19.0 Å². The first-order chi connectivity index (χ1) is 14.6. The normalized spacial score (nSPS) is 12.5. The van der Waals surface area contributed by atoms with Gasteiger partial charge in [0.1, 0.15) is 12.1 Å². The Bertz CT molecular complexity index is 753. The van der Waals surface area contributed by atoms with Gasteiger partial charge < -0.3 is 37.5 Å². The monoisotopic (exact) mass is 436 g/mol. The predicted molar refractivity (Wildman–Crippen MR) is 116 cm³/mol. The van der Waals surface area contributed by atoms with E-state index in [1.54, 1.807) is 33.1 Å². The summed E-state index contributed by atoms with van der Waals surface area (Å²) in [6.07, 6.45) is 0.630. The third kappa shape index (κ3) is 9.81. The van der Waals surface area contributed by atoms with Crippen LogP contribution in [0, 0.1) is 5.92 Å². The van der Waals surface area contributed by atoms with Gasteiger partial charge in [0, 0.05) is 19.3 Å². The number of anilines is 1. The molecule has 31 heavy (non-hydrogen) atoms. The molecule has 172 valence electrons. The molecule has 1 aromatic carbocycles. The number of primary amides is 2. The van der Waals surface area contributed by atoms with Crippen LogP contribution in [0.3, 0.4) is 0 Å². The first kappa shape index (κ1) is 25.7. The van der Waals surface area contributed by atoms with Gasteiger partial charge >= 0.3 is 12.1 Å². The molecule has 0 aliphatic heterocycles. The topological polar surface area (TPSA) is 178 Å². The SMILES string of the molecule is COCc1ccc(NC(=O)C(CCCNC(N)=O)NC(=O)C(NC(N)=O)C(C)C)cc1. The van der Waals surface area contributed by atoms with E-state index in [0.717, 1.165) is 5.56 Å². The molecule has 6 amide bonds. The Morgan fingerprint density at radius 2 is 1.61 bits per heavy atom. The van der Waals surface area contributed by atoms with Crippen molar-refractivity contribution in [1.29, 1.82) is 0 Å². The lowest BCUT2D eigenvalue weighted by atomic mass is 10.0. The summed E-state index contributed by atoms with van der Waals surface area (Å²) in [6.45, 7) is 4.18. The number of benzene rings is 1. The number of rotatable bonds is 12. The van der Waals surface area contributed by atoms with Crippen LogP contribution in [-0.2, 0) is 20.9 Å². The minimum Gasteiger partial charge on any atom is -0.380 e. The number of ether oxygens (including phenoxy) is 1. The van der Waals surface area contributed by atoms with Crippen LogP contribution in [0.2, 0.25) is 0 Å². The molecule has 0 fully saturated rings. The zero-order chi connectivity index (χ0) is 23.4. The molecule has 0 spiro atoms. The number of nitrogens with two attached hydrogens (primary N) is 2. The average molecular weight is 437 g/mol. The van der Waals surface area contributed by atoms with Crippen molar-refractivity contribution in [1.82, 2.24) is 16.0 Å². The number of hydrogen-bond acceptors (Lipinski definition) is 5. The van der Waals surface area contributed by atoms with E-state index in [4.69, 9.17) is 16.2 Å². The second kappa shape index (κ2) is 13.1. The molecule has 2 unspecified atom stereocenters. The molecule has 0 aromatic heterocycles. The fraction of sp³-hybridized carbons (Fsp3) is 0.500. The summed E-state index contributed by atoms with van der Waals surface area (Å²) in [7, 11) is 1.59. The van der Waals surface area contributed by atoms with Gasteiger partial charge in [-0.3, -0.25) is 9.59 Å². The molecule has 0 aliphatic carbocycles. The second-order valence-corrected chi connectivity index (χ2v) is 7.34. The summed E-state index contributed by atoms with van der Waals surface area (Å²) in [5.41, 5.74) is 11.7. The molecule has 8 N–H and O–H groups in total. The molecule has 11 heteroatoms. The van der Waals surface area contributed by atoms with Gasteiger partial charge in [0.15, 0.2) is 0 Å². The van der Waals surface area contributed by atoms with Crippen LogP contribution >= 0.6 is 0 Å².